The van der Waals surface area contributed by atoms with Crippen molar-refractivity contribution in [2.45, 2.75) is 19.3 Å². The minimum absolute atomic E-state index is 0.0508. The fourth-order valence-corrected chi connectivity index (χ4v) is 10.6. The van der Waals surface area contributed by atoms with Gasteiger partial charge in [-0.25, -0.2) is 15.0 Å². The van der Waals surface area contributed by atoms with E-state index in [1.807, 2.05) is 29.5 Å². The number of hydrogen-bond acceptors (Lipinski definition) is 4. The number of rotatable bonds is 5. The molecular weight excluding hydrogens is 747 g/mol. The van der Waals surface area contributed by atoms with E-state index in [4.69, 9.17) is 15.0 Å². The quantitative estimate of drug-likeness (QED) is 0.163. The molecule has 0 unspecified atom stereocenters. The van der Waals surface area contributed by atoms with Gasteiger partial charge in [0, 0.05) is 64.0 Å². The van der Waals surface area contributed by atoms with Crippen LogP contribution in [0.2, 0.25) is 0 Å². The summed E-state index contributed by atoms with van der Waals surface area (Å²) in [7, 11) is 0. The molecule has 3 heterocycles. The summed E-state index contributed by atoms with van der Waals surface area (Å²) in [6, 6.07) is 67.5. The van der Waals surface area contributed by atoms with Crippen LogP contribution in [0, 0.1) is 0 Å². The average molecular weight is 784 g/mol. The van der Waals surface area contributed by atoms with Gasteiger partial charge in [0.25, 0.3) is 0 Å². The molecule has 8 aromatic carbocycles. The zero-order chi connectivity index (χ0) is 40.0. The van der Waals surface area contributed by atoms with E-state index in [2.05, 4.69) is 184 Å². The summed E-state index contributed by atoms with van der Waals surface area (Å²) in [5, 5.41) is 6.18. The number of pyridine rings is 1. The van der Waals surface area contributed by atoms with E-state index in [0.29, 0.717) is 5.82 Å². The Morgan fingerprint density at radius 1 is 0.383 bits per heavy atom. The van der Waals surface area contributed by atoms with Crippen LogP contribution in [0.1, 0.15) is 25.0 Å². The standard InChI is InChI=1S/C56H37N3S/c1-56(2)45-19-11-9-17-40(45)43-32-39(25-28-46(43)56)49-33-48(58-55(59-49)37-15-7-4-8-16-37)35-23-21-34(22-24-35)38-26-29-50-44(31-38)53-51(60-50)30-27-42-52(53)41-18-10-12-20-47(41)57-54(42)36-13-5-3-6-14-36/h3-33H,1-2H3. The molecule has 0 spiro atoms. The van der Waals surface area contributed by atoms with E-state index < -0.39 is 0 Å². The molecule has 60 heavy (non-hydrogen) atoms. The van der Waals surface area contributed by atoms with Gasteiger partial charge in [0.2, 0.25) is 0 Å². The highest BCUT2D eigenvalue weighted by molar-refractivity contribution is 7.26. The topological polar surface area (TPSA) is 38.7 Å². The van der Waals surface area contributed by atoms with Crippen molar-refractivity contribution < 1.29 is 0 Å². The number of para-hydroxylation sites is 1. The van der Waals surface area contributed by atoms with Gasteiger partial charge in [0.05, 0.1) is 22.6 Å². The predicted molar refractivity (Wildman–Crippen MR) is 252 cm³/mol. The minimum Gasteiger partial charge on any atom is -0.247 e. The van der Waals surface area contributed by atoms with Crippen LogP contribution in [-0.2, 0) is 5.41 Å². The molecule has 0 bridgehead atoms. The van der Waals surface area contributed by atoms with Gasteiger partial charge in [0.15, 0.2) is 5.82 Å². The first-order valence-electron chi connectivity index (χ1n) is 20.5. The predicted octanol–water partition coefficient (Wildman–Crippen LogP) is 15.2. The highest BCUT2D eigenvalue weighted by Gasteiger charge is 2.35. The van der Waals surface area contributed by atoms with Crippen LogP contribution in [0.5, 0.6) is 0 Å². The maximum atomic E-state index is 5.21. The summed E-state index contributed by atoms with van der Waals surface area (Å²) in [5.74, 6) is 0.716. The van der Waals surface area contributed by atoms with Crippen molar-refractivity contribution in [3.63, 3.8) is 0 Å². The molecule has 3 nitrogen and oxygen atoms in total. The van der Waals surface area contributed by atoms with Crippen LogP contribution in [0.15, 0.2) is 188 Å². The Morgan fingerprint density at radius 3 is 1.83 bits per heavy atom. The molecule has 0 amide bonds. The number of fused-ring (bicyclic) bond motifs is 10. The molecule has 0 atom stereocenters. The summed E-state index contributed by atoms with van der Waals surface area (Å²) >= 11 is 1.86. The summed E-state index contributed by atoms with van der Waals surface area (Å²) in [5.41, 5.74) is 15.7. The Morgan fingerprint density at radius 2 is 1.02 bits per heavy atom. The normalized spacial score (nSPS) is 13.0. The maximum Gasteiger partial charge on any atom is 0.160 e. The van der Waals surface area contributed by atoms with E-state index in [9.17, 15) is 0 Å². The zero-order valence-corrected chi connectivity index (χ0v) is 34.0. The largest absolute Gasteiger partial charge is 0.247 e. The Balaban J connectivity index is 0.973. The van der Waals surface area contributed by atoms with Gasteiger partial charge in [-0.2, -0.15) is 0 Å². The van der Waals surface area contributed by atoms with E-state index >= 15 is 0 Å². The van der Waals surface area contributed by atoms with Crippen LogP contribution in [0.25, 0.3) is 109 Å². The lowest BCUT2D eigenvalue weighted by molar-refractivity contribution is 0.660. The lowest BCUT2D eigenvalue weighted by Crippen LogP contribution is -2.14. The fourth-order valence-electron chi connectivity index (χ4n) is 9.48. The average Bonchev–Trinajstić information content (AvgIpc) is 3.80. The summed E-state index contributed by atoms with van der Waals surface area (Å²) in [4.78, 5) is 15.6. The Bertz CT molecular complexity index is 3490. The van der Waals surface area contributed by atoms with E-state index in [-0.39, 0.29) is 5.41 Å². The summed E-state index contributed by atoms with van der Waals surface area (Å²) < 4.78 is 2.56. The van der Waals surface area contributed by atoms with Gasteiger partial charge in [-0.1, -0.05) is 166 Å². The minimum atomic E-state index is -0.0508. The van der Waals surface area contributed by atoms with Crippen molar-refractivity contribution in [1.82, 2.24) is 15.0 Å². The molecule has 0 saturated heterocycles. The van der Waals surface area contributed by atoms with Crippen molar-refractivity contribution in [3.05, 3.63) is 199 Å². The van der Waals surface area contributed by atoms with Crippen LogP contribution in [0.3, 0.4) is 0 Å². The second-order valence-corrected chi connectivity index (χ2v) is 17.4. The first-order chi connectivity index (χ1) is 29.5. The van der Waals surface area contributed by atoms with E-state index in [1.165, 1.54) is 64.1 Å². The Kier molecular flexibility index (Phi) is 7.75. The Hall–Kier alpha value is -7.27. The van der Waals surface area contributed by atoms with Crippen LogP contribution in [0.4, 0.5) is 0 Å². The number of benzene rings is 8. The third kappa shape index (κ3) is 5.45. The third-order valence-corrected chi connectivity index (χ3v) is 13.6. The van der Waals surface area contributed by atoms with E-state index in [1.54, 1.807) is 0 Å². The maximum absolute atomic E-state index is 5.21. The van der Waals surface area contributed by atoms with Gasteiger partial charge >= 0.3 is 0 Å². The molecule has 4 heteroatoms. The van der Waals surface area contributed by atoms with E-state index in [0.717, 1.165) is 50.4 Å². The lowest BCUT2D eigenvalue weighted by Gasteiger charge is -2.21. The number of hydrogen-bond donors (Lipinski definition) is 0. The van der Waals surface area contributed by atoms with Crippen molar-refractivity contribution in [2.75, 3.05) is 0 Å². The molecule has 0 aliphatic heterocycles. The fraction of sp³-hybridized carbons (Fsp3) is 0.0536. The molecule has 0 radical (unpaired) electrons. The molecule has 12 rings (SSSR count). The molecule has 282 valence electrons. The molecule has 3 aromatic heterocycles. The van der Waals surface area contributed by atoms with Crippen molar-refractivity contribution >= 4 is 53.2 Å². The molecule has 0 fully saturated rings. The highest BCUT2D eigenvalue weighted by Crippen LogP contribution is 2.50. The van der Waals surface area contributed by atoms with Crippen molar-refractivity contribution in [1.29, 1.82) is 0 Å². The smallest absolute Gasteiger partial charge is 0.160 e. The number of nitrogens with zero attached hydrogens (tertiary/aromatic N) is 3. The first-order valence-corrected chi connectivity index (χ1v) is 21.3. The van der Waals surface area contributed by atoms with Gasteiger partial charge in [0.1, 0.15) is 0 Å². The molecule has 0 saturated carbocycles. The monoisotopic (exact) mass is 783 g/mol. The second-order valence-electron chi connectivity index (χ2n) is 16.4. The molecule has 1 aliphatic rings. The van der Waals surface area contributed by atoms with Crippen LogP contribution < -0.4 is 0 Å². The van der Waals surface area contributed by atoms with Gasteiger partial charge in [-0.05, 0) is 69.8 Å². The molecule has 1 aliphatic carbocycles. The molecule has 0 N–H and O–H groups in total. The van der Waals surface area contributed by atoms with Crippen LogP contribution in [-0.4, -0.2) is 15.0 Å². The first kappa shape index (κ1) is 34.7. The van der Waals surface area contributed by atoms with Gasteiger partial charge in [-0.3, -0.25) is 0 Å². The third-order valence-electron chi connectivity index (χ3n) is 12.5. The SMILES string of the molecule is CC1(C)c2ccccc2-c2cc(-c3cc(-c4ccc(-c5ccc6sc7ccc8c(-c9ccccc9)nc9ccccc9c8c7c6c5)cc4)nc(-c4ccccc4)n3)ccc21. The van der Waals surface area contributed by atoms with Crippen molar-refractivity contribution in [2.24, 2.45) is 0 Å². The van der Waals surface area contributed by atoms with Crippen LogP contribution >= 0.6 is 11.3 Å². The van der Waals surface area contributed by atoms with Gasteiger partial charge < -0.3 is 0 Å². The summed E-state index contributed by atoms with van der Waals surface area (Å²) in [6.07, 6.45) is 0. The number of thiophene rings is 1. The summed E-state index contributed by atoms with van der Waals surface area (Å²) in [6.45, 7) is 4.64. The molecule has 11 aromatic rings. The van der Waals surface area contributed by atoms with Gasteiger partial charge in [-0.15, -0.1) is 11.3 Å². The molecular formula is C56H37N3S. The number of aromatic nitrogens is 3. The lowest BCUT2D eigenvalue weighted by atomic mass is 9.82. The zero-order valence-electron chi connectivity index (χ0n) is 33.1. The second kappa shape index (κ2) is 13.4. The highest BCUT2D eigenvalue weighted by atomic mass is 32.1. The Labute approximate surface area is 352 Å². The van der Waals surface area contributed by atoms with Crippen molar-refractivity contribution in [3.8, 4) is 67.4 Å².